The van der Waals surface area contributed by atoms with Crippen LogP contribution in [-0.2, 0) is 9.53 Å². The SMILES string of the molecule is NC(=O)c1ccc(NC2(C(=O)O)CCOCC2)cc1. The molecule has 19 heavy (non-hydrogen) atoms. The lowest BCUT2D eigenvalue weighted by atomic mass is 9.89. The van der Waals surface area contributed by atoms with Crippen molar-refractivity contribution in [1.82, 2.24) is 0 Å². The number of carbonyl (C=O) groups excluding carboxylic acids is 1. The maximum atomic E-state index is 11.5. The van der Waals surface area contributed by atoms with Crippen molar-refractivity contribution < 1.29 is 19.4 Å². The smallest absolute Gasteiger partial charge is 0.329 e. The quantitative estimate of drug-likeness (QED) is 0.747. The molecule has 102 valence electrons. The molecule has 4 N–H and O–H groups in total. The maximum absolute atomic E-state index is 11.5. The number of benzene rings is 1. The van der Waals surface area contributed by atoms with Gasteiger partial charge in [0.25, 0.3) is 0 Å². The summed E-state index contributed by atoms with van der Waals surface area (Å²) in [6, 6.07) is 6.44. The van der Waals surface area contributed by atoms with Gasteiger partial charge in [-0.05, 0) is 24.3 Å². The molecule has 1 aromatic rings. The van der Waals surface area contributed by atoms with Crippen molar-refractivity contribution in [3.05, 3.63) is 29.8 Å². The van der Waals surface area contributed by atoms with E-state index in [9.17, 15) is 14.7 Å². The molecule has 1 aliphatic heterocycles. The lowest BCUT2D eigenvalue weighted by Crippen LogP contribution is -2.50. The van der Waals surface area contributed by atoms with Crippen LogP contribution >= 0.6 is 0 Å². The molecule has 6 heteroatoms. The van der Waals surface area contributed by atoms with Crippen LogP contribution in [0, 0.1) is 0 Å². The first-order valence-corrected chi connectivity index (χ1v) is 6.03. The lowest BCUT2D eigenvalue weighted by molar-refractivity contribution is -0.145. The number of anilines is 1. The molecule has 1 aromatic carbocycles. The molecule has 1 heterocycles. The molecule has 0 saturated carbocycles. The summed E-state index contributed by atoms with van der Waals surface area (Å²) in [6.07, 6.45) is 0.805. The predicted octanol–water partition coefficient (Wildman–Crippen LogP) is 0.831. The van der Waals surface area contributed by atoms with Crippen LogP contribution in [0.3, 0.4) is 0 Å². The summed E-state index contributed by atoms with van der Waals surface area (Å²) in [6.45, 7) is 0.831. The van der Waals surface area contributed by atoms with Crippen molar-refractivity contribution in [3.63, 3.8) is 0 Å². The number of ether oxygens (including phenoxy) is 1. The number of carboxylic acid groups (broad SMARTS) is 1. The van der Waals surface area contributed by atoms with Crippen molar-refractivity contribution in [1.29, 1.82) is 0 Å². The largest absolute Gasteiger partial charge is 0.480 e. The Kier molecular flexibility index (Phi) is 3.71. The molecule has 0 bridgehead atoms. The number of hydrogen-bond donors (Lipinski definition) is 3. The van der Waals surface area contributed by atoms with Gasteiger partial charge in [0, 0.05) is 37.3 Å². The first kappa shape index (κ1) is 13.4. The van der Waals surface area contributed by atoms with Gasteiger partial charge in [-0.15, -0.1) is 0 Å². The fraction of sp³-hybridized carbons (Fsp3) is 0.385. The number of amides is 1. The molecule has 1 amide bonds. The summed E-state index contributed by atoms with van der Waals surface area (Å²) in [5.41, 5.74) is 5.18. The van der Waals surface area contributed by atoms with Gasteiger partial charge >= 0.3 is 5.97 Å². The van der Waals surface area contributed by atoms with E-state index in [0.29, 0.717) is 37.3 Å². The van der Waals surface area contributed by atoms with Gasteiger partial charge < -0.3 is 20.9 Å². The van der Waals surface area contributed by atoms with E-state index < -0.39 is 17.4 Å². The second kappa shape index (κ2) is 5.27. The van der Waals surface area contributed by atoms with Gasteiger partial charge in [0.15, 0.2) is 0 Å². The molecule has 0 radical (unpaired) electrons. The van der Waals surface area contributed by atoms with Gasteiger partial charge in [0.2, 0.25) is 5.91 Å². The van der Waals surface area contributed by atoms with Gasteiger partial charge in [-0.3, -0.25) is 4.79 Å². The Balaban J connectivity index is 2.17. The second-order valence-corrected chi connectivity index (χ2v) is 4.57. The summed E-state index contributed by atoms with van der Waals surface area (Å²) < 4.78 is 5.20. The van der Waals surface area contributed by atoms with Crippen LogP contribution in [0.5, 0.6) is 0 Å². The van der Waals surface area contributed by atoms with Crippen LogP contribution in [0.4, 0.5) is 5.69 Å². The van der Waals surface area contributed by atoms with E-state index in [4.69, 9.17) is 10.5 Å². The highest BCUT2D eigenvalue weighted by Gasteiger charge is 2.40. The Morgan fingerprint density at radius 3 is 2.26 bits per heavy atom. The van der Waals surface area contributed by atoms with E-state index in [1.807, 2.05) is 0 Å². The van der Waals surface area contributed by atoms with E-state index in [2.05, 4.69) is 5.32 Å². The minimum atomic E-state index is -1.01. The van der Waals surface area contributed by atoms with E-state index >= 15 is 0 Å². The number of carbonyl (C=O) groups is 2. The third kappa shape index (κ3) is 2.85. The number of aliphatic carboxylic acids is 1. The summed E-state index contributed by atoms with van der Waals surface area (Å²) >= 11 is 0. The Hall–Kier alpha value is -2.08. The van der Waals surface area contributed by atoms with E-state index in [1.54, 1.807) is 24.3 Å². The highest BCUT2D eigenvalue weighted by molar-refractivity contribution is 5.93. The molecule has 1 aliphatic rings. The van der Waals surface area contributed by atoms with Gasteiger partial charge in [0.05, 0.1) is 0 Å². The van der Waals surface area contributed by atoms with Crippen LogP contribution in [0.1, 0.15) is 23.2 Å². The second-order valence-electron chi connectivity index (χ2n) is 4.57. The topological polar surface area (TPSA) is 102 Å². The standard InChI is InChI=1S/C13H16N2O4/c14-11(16)9-1-3-10(4-2-9)15-13(12(17)18)5-7-19-8-6-13/h1-4,15H,5-8H2,(H2,14,16)(H,17,18). The molecule has 1 fully saturated rings. The summed E-state index contributed by atoms with van der Waals surface area (Å²) in [5, 5.41) is 12.4. The maximum Gasteiger partial charge on any atom is 0.329 e. The monoisotopic (exact) mass is 264 g/mol. The van der Waals surface area contributed by atoms with Crippen LogP contribution in [-0.4, -0.2) is 35.7 Å². The average Bonchev–Trinajstić information content (AvgIpc) is 2.40. The van der Waals surface area contributed by atoms with Crippen LogP contribution in [0.15, 0.2) is 24.3 Å². The third-order valence-corrected chi connectivity index (χ3v) is 3.31. The van der Waals surface area contributed by atoms with Gasteiger partial charge in [-0.25, -0.2) is 4.79 Å². The molecule has 6 nitrogen and oxygen atoms in total. The fourth-order valence-electron chi connectivity index (χ4n) is 2.11. The highest BCUT2D eigenvalue weighted by Crippen LogP contribution is 2.26. The Labute approximate surface area is 110 Å². The highest BCUT2D eigenvalue weighted by atomic mass is 16.5. The molecule has 0 atom stereocenters. The predicted molar refractivity (Wildman–Crippen MR) is 69.0 cm³/mol. The number of nitrogens with one attached hydrogen (secondary N) is 1. The first-order chi connectivity index (χ1) is 9.03. The number of rotatable bonds is 4. The zero-order valence-corrected chi connectivity index (χ0v) is 10.4. The number of hydrogen-bond acceptors (Lipinski definition) is 4. The minimum absolute atomic E-state index is 0.391. The fourth-order valence-corrected chi connectivity index (χ4v) is 2.11. The van der Waals surface area contributed by atoms with E-state index in [-0.39, 0.29) is 0 Å². The van der Waals surface area contributed by atoms with Gasteiger partial charge in [-0.1, -0.05) is 0 Å². The van der Waals surface area contributed by atoms with Crippen LogP contribution < -0.4 is 11.1 Å². The molecule has 2 rings (SSSR count). The molecule has 1 saturated heterocycles. The first-order valence-electron chi connectivity index (χ1n) is 6.03. The number of nitrogens with two attached hydrogens (primary N) is 1. The summed E-state index contributed by atoms with van der Waals surface area (Å²) in [7, 11) is 0. The Morgan fingerprint density at radius 2 is 1.79 bits per heavy atom. The van der Waals surface area contributed by atoms with E-state index in [1.165, 1.54) is 0 Å². The van der Waals surface area contributed by atoms with Gasteiger partial charge in [-0.2, -0.15) is 0 Å². The van der Waals surface area contributed by atoms with Crippen molar-refractivity contribution in [2.45, 2.75) is 18.4 Å². The average molecular weight is 264 g/mol. The van der Waals surface area contributed by atoms with Crippen molar-refractivity contribution in [2.75, 3.05) is 18.5 Å². The summed E-state index contributed by atoms with van der Waals surface area (Å²) in [5.74, 6) is -1.40. The normalized spacial score (nSPS) is 17.7. The Morgan fingerprint density at radius 1 is 1.21 bits per heavy atom. The molecule has 0 aromatic heterocycles. The van der Waals surface area contributed by atoms with Crippen LogP contribution in [0.2, 0.25) is 0 Å². The zero-order valence-electron chi connectivity index (χ0n) is 10.4. The minimum Gasteiger partial charge on any atom is -0.480 e. The van der Waals surface area contributed by atoms with Gasteiger partial charge in [0.1, 0.15) is 5.54 Å². The van der Waals surface area contributed by atoms with Crippen molar-refractivity contribution >= 4 is 17.6 Å². The van der Waals surface area contributed by atoms with Crippen molar-refractivity contribution in [2.24, 2.45) is 5.73 Å². The molecular formula is C13H16N2O4. The number of primary amides is 1. The van der Waals surface area contributed by atoms with E-state index in [0.717, 1.165) is 0 Å². The Bertz CT molecular complexity index is 478. The molecule has 0 aliphatic carbocycles. The lowest BCUT2D eigenvalue weighted by Gasteiger charge is -2.34. The third-order valence-electron chi connectivity index (χ3n) is 3.31. The van der Waals surface area contributed by atoms with Crippen molar-refractivity contribution in [3.8, 4) is 0 Å². The summed E-state index contributed by atoms with van der Waals surface area (Å²) in [4.78, 5) is 22.4. The van der Waals surface area contributed by atoms with Crippen LogP contribution in [0.25, 0.3) is 0 Å². The molecular weight excluding hydrogens is 248 g/mol. The molecule has 0 unspecified atom stereocenters. The zero-order chi connectivity index (χ0) is 13.9. The molecule has 0 spiro atoms. The number of carboxylic acids is 1.